The van der Waals surface area contributed by atoms with Crippen molar-refractivity contribution in [1.82, 2.24) is 5.32 Å². The lowest BCUT2D eigenvalue weighted by atomic mass is 9.98. The summed E-state index contributed by atoms with van der Waals surface area (Å²) in [5.41, 5.74) is 5.94. The topological polar surface area (TPSA) is 72.2 Å². The molecule has 0 aromatic heterocycles. The molecule has 3 N–H and O–H groups in total. The number of rotatable bonds is 6. The van der Waals surface area contributed by atoms with Crippen molar-refractivity contribution >= 4 is 27.7 Å². The van der Waals surface area contributed by atoms with Gasteiger partial charge in [-0.15, -0.1) is 0 Å². The molecule has 0 fully saturated rings. The van der Waals surface area contributed by atoms with Gasteiger partial charge in [-0.25, -0.2) is 4.39 Å². The van der Waals surface area contributed by atoms with Gasteiger partial charge in [0.1, 0.15) is 11.9 Å². The summed E-state index contributed by atoms with van der Waals surface area (Å²) in [6, 6.07) is 3.67. The standard InChI is InChI=1S/C14H18BrFN2O2/c1-3-8(2)13(14(17)20)18-12(19)7-9-4-5-11(16)10(15)6-9/h4-6,8,13H,3,7H2,1-2H3,(H2,17,20)(H,18,19). The van der Waals surface area contributed by atoms with Crippen molar-refractivity contribution in [1.29, 1.82) is 0 Å². The van der Waals surface area contributed by atoms with Crippen LogP contribution in [-0.4, -0.2) is 17.9 Å². The first-order valence-corrected chi connectivity index (χ1v) is 7.17. The number of carbonyl (C=O) groups is 2. The van der Waals surface area contributed by atoms with E-state index in [9.17, 15) is 14.0 Å². The number of nitrogens with one attached hydrogen (secondary N) is 1. The molecule has 1 aromatic carbocycles. The van der Waals surface area contributed by atoms with Crippen molar-refractivity contribution in [2.45, 2.75) is 32.7 Å². The lowest BCUT2D eigenvalue weighted by molar-refractivity contribution is -0.128. The van der Waals surface area contributed by atoms with Gasteiger partial charge in [0.15, 0.2) is 0 Å². The van der Waals surface area contributed by atoms with E-state index in [4.69, 9.17) is 5.73 Å². The predicted molar refractivity (Wildman–Crippen MR) is 78.4 cm³/mol. The number of hydrogen-bond acceptors (Lipinski definition) is 2. The van der Waals surface area contributed by atoms with Gasteiger partial charge in [-0.2, -0.15) is 0 Å². The molecule has 0 spiro atoms. The largest absolute Gasteiger partial charge is 0.368 e. The van der Waals surface area contributed by atoms with E-state index in [1.165, 1.54) is 18.2 Å². The number of nitrogens with two attached hydrogens (primary N) is 1. The molecule has 4 nitrogen and oxygen atoms in total. The normalized spacial score (nSPS) is 13.6. The summed E-state index contributed by atoms with van der Waals surface area (Å²) in [6.07, 6.45) is 0.801. The third-order valence-electron chi connectivity index (χ3n) is 3.18. The predicted octanol–water partition coefficient (Wildman–Crippen LogP) is 2.15. The van der Waals surface area contributed by atoms with Crippen molar-refractivity contribution in [3.63, 3.8) is 0 Å². The van der Waals surface area contributed by atoms with Gasteiger partial charge < -0.3 is 11.1 Å². The van der Waals surface area contributed by atoms with Gasteiger partial charge in [0.2, 0.25) is 11.8 Å². The average Bonchev–Trinajstić information content (AvgIpc) is 2.39. The minimum Gasteiger partial charge on any atom is -0.368 e. The quantitative estimate of drug-likeness (QED) is 0.829. The number of hydrogen-bond donors (Lipinski definition) is 2. The number of amides is 2. The molecule has 0 heterocycles. The second kappa shape index (κ2) is 7.38. The maximum absolute atomic E-state index is 13.1. The Morgan fingerprint density at radius 2 is 2.10 bits per heavy atom. The van der Waals surface area contributed by atoms with Gasteiger partial charge in [0, 0.05) is 0 Å². The second-order valence-electron chi connectivity index (χ2n) is 4.76. The highest BCUT2D eigenvalue weighted by molar-refractivity contribution is 9.10. The molecule has 0 radical (unpaired) electrons. The highest BCUT2D eigenvalue weighted by Crippen LogP contribution is 2.17. The van der Waals surface area contributed by atoms with E-state index in [-0.39, 0.29) is 24.1 Å². The van der Waals surface area contributed by atoms with E-state index < -0.39 is 11.9 Å². The summed E-state index contributed by atoms with van der Waals surface area (Å²) in [5.74, 6) is -1.28. The van der Waals surface area contributed by atoms with Crippen LogP contribution < -0.4 is 11.1 Å². The zero-order chi connectivity index (χ0) is 15.3. The van der Waals surface area contributed by atoms with E-state index in [1.807, 2.05) is 13.8 Å². The summed E-state index contributed by atoms with van der Waals surface area (Å²) >= 11 is 3.06. The Labute approximate surface area is 126 Å². The first kappa shape index (κ1) is 16.6. The first-order valence-electron chi connectivity index (χ1n) is 6.37. The van der Waals surface area contributed by atoms with Gasteiger partial charge in [0.25, 0.3) is 0 Å². The maximum atomic E-state index is 13.1. The molecule has 1 aromatic rings. The number of carbonyl (C=O) groups excluding carboxylic acids is 2. The summed E-state index contributed by atoms with van der Waals surface area (Å²) in [5, 5.41) is 2.63. The molecule has 0 aliphatic heterocycles. The highest BCUT2D eigenvalue weighted by atomic mass is 79.9. The molecule has 0 aliphatic carbocycles. The van der Waals surface area contributed by atoms with Crippen molar-refractivity contribution in [2.75, 3.05) is 0 Å². The van der Waals surface area contributed by atoms with E-state index in [1.54, 1.807) is 0 Å². The number of benzene rings is 1. The minimum atomic E-state index is -0.684. The lowest BCUT2D eigenvalue weighted by Crippen LogP contribution is -2.48. The molecule has 20 heavy (non-hydrogen) atoms. The van der Waals surface area contributed by atoms with Gasteiger partial charge in [-0.3, -0.25) is 9.59 Å². The Bertz CT molecular complexity index is 508. The molecule has 1 rings (SSSR count). The van der Waals surface area contributed by atoms with E-state index in [2.05, 4.69) is 21.2 Å². The zero-order valence-corrected chi connectivity index (χ0v) is 13.0. The van der Waals surface area contributed by atoms with Gasteiger partial charge >= 0.3 is 0 Å². The fourth-order valence-electron chi connectivity index (χ4n) is 1.79. The Kier molecular flexibility index (Phi) is 6.13. The van der Waals surface area contributed by atoms with Crippen molar-refractivity contribution < 1.29 is 14.0 Å². The molecule has 110 valence electrons. The molecule has 2 amide bonds. The summed E-state index contributed by atoms with van der Waals surface area (Å²) in [6.45, 7) is 3.77. The SMILES string of the molecule is CCC(C)C(NC(=O)Cc1ccc(F)c(Br)c1)C(N)=O. The number of primary amides is 1. The molecule has 6 heteroatoms. The first-order chi connectivity index (χ1) is 9.35. The fourth-order valence-corrected chi connectivity index (χ4v) is 2.22. The third-order valence-corrected chi connectivity index (χ3v) is 3.79. The van der Waals surface area contributed by atoms with E-state index in [0.717, 1.165) is 6.42 Å². The van der Waals surface area contributed by atoms with Crippen LogP contribution in [0.1, 0.15) is 25.8 Å². The molecule has 0 saturated carbocycles. The third kappa shape index (κ3) is 4.59. The molecule has 0 aliphatic rings. The molecular weight excluding hydrogens is 327 g/mol. The zero-order valence-electron chi connectivity index (χ0n) is 11.5. The summed E-state index contributed by atoms with van der Waals surface area (Å²) < 4.78 is 13.4. The summed E-state index contributed by atoms with van der Waals surface area (Å²) in [7, 11) is 0. The van der Waals surface area contributed by atoms with Gasteiger partial charge in [0.05, 0.1) is 10.9 Å². The van der Waals surface area contributed by atoms with Crippen LogP contribution in [0.25, 0.3) is 0 Å². The van der Waals surface area contributed by atoms with Crippen molar-refractivity contribution in [2.24, 2.45) is 11.7 Å². The van der Waals surface area contributed by atoms with E-state index >= 15 is 0 Å². The van der Waals surface area contributed by atoms with Crippen molar-refractivity contribution in [3.05, 3.63) is 34.1 Å². The van der Waals surface area contributed by atoms with Crippen LogP contribution in [0.5, 0.6) is 0 Å². The second-order valence-corrected chi connectivity index (χ2v) is 5.61. The van der Waals surface area contributed by atoms with Crippen LogP contribution in [0, 0.1) is 11.7 Å². The Morgan fingerprint density at radius 1 is 1.45 bits per heavy atom. The number of halogens is 2. The molecular formula is C14H18BrFN2O2. The average molecular weight is 345 g/mol. The van der Waals surface area contributed by atoms with E-state index in [0.29, 0.717) is 10.0 Å². The monoisotopic (exact) mass is 344 g/mol. The van der Waals surface area contributed by atoms with Crippen LogP contribution in [-0.2, 0) is 16.0 Å². The van der Waals surface area contributed by atoms with Gasteiger partial charge in [-0.05, 0) is 39.5 Å². The van der Waals surface area contributed by atoms with Crippen LogP contribution >= 0.6 is 15.9 Å². The molecule has 2 unspecified atom stereocenters. The van der Waals surface area contributed by atoms with Crippen LogP contribution in [0.4, 0.5) is 4.39 Å². The smallest absolute Gasteiger partial charge is 0.240 e. The lowest BCUT2D eigenvalue weighted by Gasteiger charge is -2.21. The van der Waals surface area contributed by atoms with Crippen LogP contribution in [0.2, 0.25) is 0 Å². The maximum Gasteiger partial charge on any atom is 0.240 e. The molecule has 0 saturated heterocycles. The fraction of sp³-hybridized carbons (Fsp3) is 0.429. The van der Waals surface area contributed by atoms with Crippen molar-refractivity contribution in [3.8, 4) is 0 Å². The van der Waals surface area contributed by atoms with Gasteiger partial charge in [-0.1, -0.05) is 26.3 Å². The Hall–Kier alpha value is -1.43. The Morgan fingerprint density at radius 3 is 2.60 bits per heavy atom. The summed E-state index contributed by atoms with van der Waals surface area (Å²) in [4.78, 5) is 23.3. The molecule has 0 bridgehead atoms. The van der Waals surface area contributed by atoms with Crippen LogP contribution in [0.3, 0.4) is 0 Å². The minimum absolute atomic E-state index is 0.0311. The highest BCUT2D eigenvalue weighted by Gasteiger charge is 2.23. The van der Waals surface area contributed by atoms with Crippen LogP contribution in [0.15, 0.2) is 22.7 Å². The molecule has 2 atom stereocenters. The Balaban J connectivity index is 2.70.